The highest BCUT2D eigenvalue weighted by Gasteiger charge is 2.02. The minimum absolute atomic E-state index is 0.413. The van der Waals surface area contributed by atoms with Gasteiger partial charge in [0.2, 0.25) is 0 Å². The number of benzene rings is 1. The van der Waals surface area contributed by atoms with Gasteiger partial charge in [-0.1, -0.05) is 12.1 Å². The summed E-state index contributed by atoms with van der Waals surface area (Å²) in [6, 6.07) is 13.4. The Morgan fingerprint density at radius 2 is 1.79 bits per heavy atom. The number of hydrogen-bond acceptors (Lipinski definition) is 3. The molecule has 0 fully saturated rings. The summed E-state index contributed by atoms with van der Waals surface area (Å²) in [7, 11) is 1.99. The predicted octanol–water partition coefficient (Wildman–Crippen LogP) is 3.70. The fourth-order valence-corrected chi connectivity index (χ4v) is 2.76. The normalized spacial score (nSPS) is 12.3. The second-order valence-corrected chi connectivity index (χ2v) is 5.70. The average molecular weight is 272 g/mol. The fraction of sp³-hybridized carbons (Fsp3) is 0.312. The van der Waals surface area contributed by atoms with Gasteiger partial charge in [0, 0.05) is 29.1 Å². The molecule has 0 aliphatic rings. The Balaban J connectivity index is 1.83. The average Bonchev–Trinajstić information content (AvgIpc) is 2.48. The van der Waals surface area contributed by atoms with Crippen LogP contribution < -0.4 is 5.32 Å². The number of hydrogen-bond donors (Lipinski definition) is 1. The lowest BCUT2D eigenvalue weighted by Gasteiger charge is -2.11. The quantitative estimate of drug-likeness (QED) is 0.812. The lowest BCUT2D eigenvalue weighted by molar-refractivity contribution is 0.652. The zero-order valence-corrected chi connectivity index (χ0v) is 12.3. The number of aryl methyl sites for hydroxylation is 1. The Bertz CT molecular complexity index is 482. The molecule has 1 aromatic carbocycles. The van der Waals surface area contributed by atoms with E-state index in [-0.39, 0.29) is 0 Å². The lowest BCUT2D eigenvalue weighted by Crippen LogP contribution is -2.11. The van der Waals surface area contributed by atoms with Gasteiger partial charge in [0.15, 0.2) is 0 Å². The van der Waals surface area contributed by atoms with Crippen molar-refractivity contribution in [1.82, 2.24) is 10.3 Å². The number of pyridine rings is 1. The molecule has 0 amide bonds. The van der Waals surface area contributed by atoms with Crippen LogP contribution in [0, 0.1) is 0 Å². The van der Waals surface area contributed by atoms with Crippen LogP contribution in [0.1, 0.15) is 24.1 Å². The molecule has 0 radical (unpaired) electrons. The van der Waals surface area contributed by atoms with Crippen LogP contribution >= 0.6 is 11.8 Å². The SMILES string of the molecule is CNC(C)c1ccc(SCCc2ccncc2)cc1. The van der Waals surface area contributed by atoms with Crippen LogP contribution in [-0.2, 0) is 6.42 Å². The first kappa shape index (κ1) is 14.1. The molecule has 2 rings (SSSR count). The minimum atomic E-state index is 0.413. The number of aromatic nitrogens is 1. The molecule has 1 unspecified atom stereocenters. The molecule has 1 atom stereocenters. The Kier molecular flexibility index (Phi) is 5.43. The first-order chi connectivity index (χ1) is 9.29. The maximum Gasteiger partial charge on any atom is 0.0289 e. The van der Waals surface area contributed by atoms with Crippen molar-refractivity contribution in [2.45, 2.75) is 24.3 Å². The zero-order valence-electron chi connectivity index (χ0n) is 11.5. The molecular formula is C16H20N2S. The van der Waals surface area contributed by atoms with Crippen LogP contribution in [0.4, 0.5) is 0 Å². The Morgan fingerprint density at radius 1 is 1.11 bits per heavy atom. The Labute approximate surface area is 119 Å². The maximum atomic E-state index is 4.03. The van der Waals surface area contributed by atoms with Crippen molar-refractivity contribution in [3.05, 3.63) is 59.9 Å². The van der Waals surface area contributed by atoms with Gasteiger partial charge in [0.05, 0.1) is 0 Å². The van der Waals surface area contributed by atoms with E-state index in [0.29, 0.717) is 6.04 Å². The molecule has 0 saturated heterocycles. The van der Waals surface area contributed by atoms with E-state index < -0.39 is 0 Å². The molecule has 0 bridgehead atoms. The minimum Gasteiger partial charge on any atom is -0.313 e. The van der Waals surface area contributed by atoms with Crippen molar-refractivity contribution in [3.63, 3.8) is 0 Å². The summed E-state index contributed by atoms with van der Waals surface area (Å²) in [6.45, 7) is 2.17. The fourth-order valence-electron chi connectivity index (χ4n) is 1.86. The first-order valence-electron chi connectivity index (χ1n) is 6.58. The molecule has 19 heavy (non-hydrogen) atoms. The largest absolute Gasteiger partial charge is 0.313 e. The molecule has 0 aliphatic carbocycles. The van der Waals surface area contributed by atoms with Gasteiger partial charge in [-0.15, -0.1) is 11.8 Å². The topological polar surface area (TPSA) is 24.9 Å². The van der Waals surface area contributed by atoms with Gasteiger partial charge in [-0.25, -0.2) is 0 Å². The second-order valence-electron chi connectivity index (χ2n) is 4.53. The standard InChI is InChI=1S/C16H20N2S/c1-13(17-2)15-3-5-16(6-4-15)19-12-9-14-7-10-18-11-8-14/h3-8,10-11,13,17H,9,12H2,1-2H3. The van der Waals surface area contributed by atoms with E-state index in [9.17, 15) is 0 Å². The molecule has 2 aromatic rings. The van der Waals surface area contributed by atoms with Crippen molar-refractivity contribution < 1.29 is 0 Å². The molecule has 2 nitrogen and oxygen atoms in total. The molecule has 100 valence electrons. The van der Waals surface area contributed by atoms with E-state index in [1.807, 2.05) is 31.2 Å². The first-order valence-corrected chi connectivity index (χ1v) is 7.57. The molecule has 0 aliphatic heterocycles. The van der Waals surface area contributed by atoms with Crippen LogP contribution in [0.2, 0.25) is 0 Å². The maximum absolute atomic E-state index is 4.03. The van der Waals surface area contributed by atoms with E-state index in [1.165, 1.54) is 16.0 Å². The number of nitrogens with one attached hydrogen (secondary N) is 1. The van der Waals surface area contributed by atoms with Gasteiger partial charge in [0.25, 0.3) is 0 Å². The molecule has 1 N–H and O–H groups in total. The number of thioether (sulfide) groups is 1. The third kappa shape index (κ3) is 4.37. The van der Waals surface area contributed by atoms with Gasteiger partial charge in [-0.2, -0.15) is 0 Å². The zero-order chi connectivity index (χ0) is 13.5. The highest BCUT2D eigenvalue weighted by molar-refractivity contribution is 7.99. The van der Waals surface area contributed by atoms with Crippen LogP contribution in [0.5, 0.6) is 0 Å². The van der Waals surface area contributed by atoms with E-state index in [0.717, 1.165) is 12.2 Å². The highest BCUT2D eigenvalue weighted by atomic mass is 32.2. The van der Waals surface area contributed by atoms with Gasteiger partial charge in [0.1, 0.15) is 0 Å². The van der Waals surface area contributed by atoms with Crippen LogP contribution in [0.15, 0.2) is 53.7 Å². The molecular weight excluding hydrogens is 252 g/mol. The summed E-state index contributed by atoms with van der Waals surface area (Å²) >= 11 is 1.90. The van der Waals surface area contributed by atoms with Gasteiger partial charge >= 0.3 is 0 Å². The van der Waals surface area contributed by atoms with Crippen molar-refractivity contribution in [3.8, 4) is 0 Å². The van der Waals surface area contributed by atoms with Crippen LogP contribution in [-0.4, -0.2) is 17.8 Å². The molecule has 1 heterocycles. The van der Waals surface area contributed by atoms with E-state index in [2.05, 4.69) is 53.6 Å². The van der Waals surface area contributed by atoms with Gasteiger partial charge in [-0.3, -0.25) is 4.98 Å². The van der Waals surface area contributed by atoms with E-state index in [1.54, 1.807) is 0 Å². The summed E-state index contributed by atoms with van der Waals surface area (Å²) < 4.78 is 0. The molecule has 0 saturated carbocycles. The third-order valence-electron chi connectivity index (χ3n) is 3.22. The van der Waals surface area contributed by atoms with Crippen LogP contribution in [0.3, 0.4) is 0 Å². The van der Waals surface area contributed by atoms with Gasteiger partial charge in [-0.05, 0) is 55.8 Å². The molecule has 3 heteroatoms. The molecule has 1 aromatic heterocycles. The summed E-state index contributed by atoms with van der Waals surface area (Å²) in [6.07, 6.45) is 4.80. The summed E-state index contributed by atoms with van der Waals surface area (Å²) in [5.74, 6) is 1.10. The van der Waals surface area contributed by atoms with Crippen molar-refractivity contribution in [1.29, 1.82) is 0 Å². The molecule has 0 spiro atoms. The Hall–Kier alpha value is -1.32. The highest BCUT2D eigenvalue weighted by Crippen LogP contribution is 2.21. The monoisotopic (exact) mass is 272 g/mol. The summed E-state index contributed by atoms with van der Waals surface area (Å²) in [5.41, 5.74) is 2.68. The number of nitrogens with zero attached hydrogens (tertiary/aromatic N) is 1. The second kappa shape index (κ2) is 7.31. The van der Waals surface area contributed by atoms with E-state index in [4.69, 9.17) is 0 Å². The smallest absolute Gasteiger partial charge is 0.0289 e. The Morgan fingerprint density at radius 3 is 2.42 bits per heavy atom. The van der Waals surface area contributed by atoms with Crippen molar-refractivity contribution >= 4 is 11.8 Å². The third-order valence-corrected chi connectivity index (χ3v) is 4.24. The van der Waals surface area contributed by atoms with E-state index >= 15 is 0 Å². The lowest BCUT2D eigenvalue weighted by atomic mass is 10.1. The van der Waals surface area contributed by atoms with Crippen LogP contribution in [0.25, 0.3) is 0 Å². The summed E-state index contributed by atoms with van der Waals surface area (Å²) in [4.78, 5) is 5.37. The van der Waals surface area contributed by atoms with Crippen molar-refractivity contribution in [2.75, 3.05) is 12.8 Å². The van der Waals surface area contributed by atoms with Crippen molar-refractivity contribution in [2.24, 2.45) is 0 Å². The predicted molar refractivity (Wildman–Crippen MR) is 82.6 cm³/mol. The number of rotatable bonds is 6. The van der Waals surface area contributed by atoms with Gasteiger partial charge < -0.3 is 5.32 Å². The summed E-state index contributed by atoms with van der Waals surface area (Å²) in [5, 5.41) is 3.25.